The van der Waals surface area contributed by atoms with Crippen molar-refractivity contribution in [3.8, 4) is 0 Å². The van der Waals surface area contributed by atoms with Crippen LogP contribution in [0.5, 0.6) is 0 Å². The molecule has 4 rings (SSSR count). The predicted octanol–water partition coefficient (Wildman–Crippen LogP) is 4.82. The summed E-state index contributed by atoms with van der Waals surface area (Å²) in [6.45, 7) is 13.0. The number of allylic oxidation sites excluding steroid dienone is 1. The molecule has 0 atom stereocenters. The lowest BCUT2D eigenvalue weighted by Crippen LogP contribution is -2.41. The van der Waals surface area contributed by atoms with Gasteiger partial charge in [-0.1, -0.05) is 62.4 Å². The van der Waals surface area contributed by atoms with E-state index in [9.17, 15) is 0 Å². The summed E-state index contributed by atoms with van der Waals surface area (Å²) in [6, 6.07) is 17.3. The molecule has 2 aliphatic rings. The lowest BCUT2D eigenvalue weighted by Gasteiger charge is -2.32. The average Bonchev–Trinajstić information content (AvgIpc) is 2.97. The second-order valence-electron chi connectivity index (χ2n) is 8.98. The van der Waals surface area contributed by atoms with Crippen molar-refractivity contribution in [2.75, 3.05) is 0 Å². The van der Waals surface area contributed by atoms with Gasteiger partial charge in [0.15, 0.2) is 0 Å². The number of hydrogen-bond donors (Lipinski definition) is 0. The van der Waals surface area contributed by atoms with Gasteiger partial charge in [-0.25, -0.2) is 0 Å². The molecule has 0 aromatic heterocycles. The fraction of sp³-hybridized carbons (Fsp3) is 0.391. The molecule has 0 spiro atoms. The highest BCUT2D eigenvalue weighted by molar-refractivity contribution is 6.62. The average molecular weight is 346 g/mol. The van der Waals surface area contributed by atoms with Crippen molar-refractivity contribution in [3.63, 3.8) is 0 Å². The van der Waals surface area contributed by atoms with Crippen LogP contribution in [0.1, 0.15) is 58.2 Å². The summed E-state index contributed by atoms with van der Waals surface area (Å²) >= 11 is 0. The van der Waals surface area contributed by atoms with Crippen molar-refractivity contribution in [3.05, 3.63) is 65.2 Å². The van der Waals surface area contributed by atoms with Crippen LogP contribution < -0.4 is 5.46 Å². The Morgan fingerprint density at radius 3 is 2.08 bits per heavy atom. The van der Waals surface area contributed by atoms with E-state index in [1.165, 1.54) is 22.3 Å². The second-order valence-corrected chi connectivity index (χ2v) is 8.98. The van der Waals surface area contributed by atoms with E-state index >= 15 is 0 Å². The van der Waals surface area contributed by atoms with E-state index < -0.39 is 0 Å². The first-order valence-electron chi connectivity index (χ1n) is 9.39. The van der Waals surface area contributed by atoms with Crippen LogP contribution in [0.3, 0.4) is 0 Å². The van der Waals surface area contributed by atoms with Gasteiger partial charge in [0.2, 0.25) is 0 Å². The number of hydrogen-bond acceptors (Lipinski definition) is 2. The fourth-order valence-corrected chi connectivity index (χ4v) is 3.95. The van der Waals surface area contributed by atoms with E-state index in [2.05, 4.69) is 96.1 Å². The molecule has 134 valence electrons. The summed E-state index contributed by atoms with van der Waals surface area (Å²) in [4.78, 5) is 0. The third-order valence-corrected chi connectivity index (χ3v) is 6.33. The van der Waals surface area contributed by atoms with Gasteiger partial charge in [0.25, 0.3) is 0 Å². The molecule has 1 heterocycles. The summed E-state index contributed by atoms with van der Waals surface area (Å²) in [5, 5.41) is 0. The Kier molecular flexibility index (Phi) is 3.77. The Morgan fingerprint density at radius 2 is 1.42 bits per heavy atom. The zero-order valence-corrected chi connectivity index (χ0v) is 16.6. The van der Waals surface area contributed by atoms with Crippen LogP contribution in [0, 0.1) is 0 Å². The molecule has 2 nitrogen and oxygen atoms in total. The molecule has 1 aliphatic carbocycles. The topological polar surface area (TPSA) is 18.5 Å². The monoisotopic (exact) mass is 346 g/mol. The molecule has 3 heteroatoms. The first kappa shape index (κ1) is 17.6. The van der Waals surface area contributed by atoms with Crippen LogP contribution >= 0.6 is 0 Å². The molecule has 1 aliphatic heterocycles. The van der Waals surface area contributed by atoms with Crippen LogP contribution in [-0.4, -0.2) is 18.3 Å². The van der Waals surface area contributed by atoms with Crippen molar-refractivity contribution in [1.29, 1.82) is 0 Å². The Hall–Kier alpha value is -1.84. The lowest BCUT2D eigenvalue weighted by molar-refractivity contribution is 0.00578. The molecule has 1 fully saturated rings. The summed E-state index contributed by atoms with van der Waals surface area (Å²) in [5.41, 5.74) is 5.70. The molecule has 0 radical (unpaired) electrons. The van der Waals surface area contributed by atoms with Gasteiger partial charge in [0, 0.05) is 5.41 Å². The van der Waals surface area contributed by atoms with E-state index in [1.54, 1.807) is 0 Å². The van der Waals surface area contributed by atoms with Crippen LogP contribution in [0.4, 0.5) is 0 Å². The van der Waals surface area contributed by atoms with Gasteiger partial charge in [-0.2, -0.15) is 0 Å². The standard InChI is InChI=1S/C23H27BO2/c1-21(2)19-13-8-7-10-17(19)15-20(21)16-11-9-12-18(14-16)24-25-22(3,4)23(5,6)26-24/h7-15H,1-6H3. The normalized spacial score (nSPS) is 22.2. The third-order valence-electron chi connectivity index (χ3n) is 6.33. The minimum atomic E-state index is -0.326. The van der Waals surface area contributed by atoms with Crippen molar-refractivity contribution in [2.24, 2.45) is 0 Å². The minimum absolute atomic E-state index is 0.00878. The van der Waals surface area contributed by atoms with Crippen LogP contribution in [-0.2, 0) is 14.7 Å². The molecular formula is C23H27BO2. The number of fused-ring (bicyclic) bond motifs is 1. The van der Waals surface area contributed by atoms with Gasteiger partial charge >= 0.3 is 7.12 Å². The van der Waals surface area contributed by atoms with Gasteiger partial charge in [-0.05, 0) is 61.5 Å². The van der Waals surface area contributed by atoms with E-state index in [0.717, 1.165) is 5.46 Å². The Morgan fingerprint density at radius 1 is 0.769 bits per heavy atom. The van der Waals surface area contributed by atoms with Crippen molar-refractivity contribution < 1.29 is 9.31 Å². The molecule has 0 saturated carbocycles. The highest BCUT2D eigenvalue weighted by Crippen LogP contribution is 2.46. The molecule has 0 amide bonds. The second kappa shape index (κ2) is 5.58. The molecule has 1 saturated heterocycles. The van der Waals surface area contributed by atoms with Gasteiger partial charge in [0.05, 0.1) is 11.2 Å². The SMILES string of the molecule is CC1(C)C(c2cccc(B3OC(C)(C)C(C)(C)O3)c2)=Cc2ccccc21. The highest BCUT2D eigenvalue weighted by atomic mass is 16.7. The van der Waals surface area contributed by atoms with Crippen molar-refractivity contribution in [2.45, 2.75) is 58.2 Å². The van der Waals surface area contributed by atoms with E-state index in [0.29, 0.717) is 0 Å². The first-order chi connectivity index (χ1) is 12.1. The lowest BCUT2D eigenvalue weighted by atomic mass is 9.74. The number of rotatable bonds is 2. The Bertz CT molecular complexity index is 877. The van der Waals surface area contributed by atoms with E-state index in [4.69, 9.17) is 9.31 Å². The molecular weight excluding hydrogens is 319 g/mol. The zero-order valence-electron chi connectivity index (χ0n) is 16.6. The van der Waals surface area contributed by atoms with Gasteiger partial charge in [0.1, 0.15) is 0 Å². The molecule has 0 N–H and O–H groups in total. The molecule has 2 aromatic rings. The Balaban J connectivity index is 1.71. The van der Waals surface area contributed by atoms with Crippen molar-refractivity contribution in [1.82, 2.24) is 0 Å². The predicted molar refractivity (Wildman–Crippen MR) is 109 cm³/mol. The minimum Gasteiger partial charge on any atom is -0.399 e. The zero-order chi connectivity index (χ0) is 18.7. The van der Waals surface area contributed by atoms with Crippen LogP contribution in [0.25, 0.3) is 11.6 Å². The maximum atomic E-state index is 6.24. The summed E-state index contributed by atoms with van der Waals surface area (Å²) in [7, 11) is -0.326. The molecule has 2 aromatic carbocycles. The van der Waals surface area contributed by atoms with Gasteiger partial charge in [-0.3, -0.25) is 0 Å². The maximum Gasteiger partial charge on any atom is 0.494 e. The molecule has 26 heavy (non-hydrogen) atoms. The van der Waals surface area contributed by atoms with Crippen molar-refractivity contribution >= 4 is 24.2 Å². The molecule has 0 bridgehead atoms. The summed E-state index contributed by atoms with van der Waals surface area (Å²) in [6.07, 6.45) is 2.32. The largest absolute Gasteiger partial charge is 0.494 e. The third kappa shape index (κ3) is 2.57. The highest BCUT2D eigenvalue weighted by Gasteiger charge is 2.51. The smallest absolute Gasteiger partial charge is 0.399 e. The number of benzene rings is 2. The van der Waals surface area contributed by atoms with Crippen LogP contribution in [0.2, 0.25) is 0 Å². The van der Waals surface area contributed by atoms with Gasteiger partial charge < -0.3 is 9.31 Å². The summed E-state index contributed by atoms with van der Waals surface area (Å²) in [5.74, 6) is 0. The summed E-state index contributed by atoms with van der Waals surface area (Å²) < 4.78 is 12.5. The Labute approximate surface area is 157 Å². The van der Waals surface area contributed by atoms with E-state index in [-0.39, 0.29) is 23.7 Å². The maximum absolute atomic E-state index is 6.24. The van der Waals surface area contributed by atoms with E-state index in [1.807, 2.05) is 0 Å². The quantitative estimate of drug-likeness (QED) is 0.726. The van der Waals surface area contributed by atoms with Crippen LogP contribution in [0.15, 0.2) is 48.5 Å². The first-order valence-corrected chi connectivity index (χ1v) is 9.39. The fourth-order valence-electron chi connectivity index (χ4n) is 3.95. The van der Waals surface area contributed by atoms with Gasteiger partial charge in [-0.15, -0.1) is 0 Å². The molecule has 0 unspecified atom stereocenters.